The van der Waals surface area contributed by atoms with Gasteiger partial charge in [0.2, 0.25) is 5.88 Å². The van der Waals surface area contributed by atoms with Crippen LogP contribution < -0.4 is 4.74 Å². The zero-order chi connectivity index (χ0) is 14.5. The van der Waals surface area contributed by atoms with E-state index in [1.165, 1.54) is 12.8 Å². The normalized spacial score (nSPS) is 28.4. The molecule has 4 nitrogen and oxygen atoms in total. The first-order chi connectivity index (χ1) is 10.3. The zero-order valence-corrected chi connectivity index (χ0v) is 12.7. The van der Waals surface area contributed by atoms with E-state index in [2.05, 4.69) is 9.88 Å². The maximum atomic E-state index is 10.2. The molecule has 2 aliphatic rings. The van der Waals surface area contributed by atoms with Crippen LogP contribution in [0.15, 0.2) is 24.4 Å². The molecular formula is C17H26N2O2. The number of nitrogens with zero attached hydrogens (tertiary/aromatic N) is 2. The molecule has 0 spiro atoms. The van der Waals surface area contributed by atoms with E-state index in [1.807, 2.05) is 18.2 Å². The maximum Gasteiger partial charge on any atom is 0.213 e. The molecule has 2 unspecified atom stereocenters. The molecule has 1 saturated carbocycles. The van der Waals surface area contributed by atoms with Gasteiger partial charge in [0.15, 0.2) is 0 Å². The standard InChI is InChI=1S/C17H26N2O2/c20-16-6-2-1-5-15(16)19-11-8-14(9-12-19)13-21-17-7-3-4-10-18-17/h3-4,7,10,14-16,20H,1-2,5-6,8-9,11-13H2. The van der Waals surface area contributed by atoms with Gasteiger partial charge in [0.25, 0.3) is 0 Å². The van der Waals surface area contributed by atoms with Gasteiger partial charge < -0.3 is 9.84 Å². The van der Waals surface area contributed by atoms with Gasteiger partial charge in [-0.1, -0.05) is 18.9 Å². The van der Waals surface area contributed by atoms with E-state index in [1.54, 1.807) is 6.20 Å². The van der Waals surface area contributed by atoms with Crippen LogP contribution in [0.3, 0.4) is 0 Å². The van der Waals surface area contributed by atoms with Crippen molar-refractivity contribution in [2.24, 2.45) is 5.92 Å². The lowest BCUT2D eigenvalue weighted by Crippen LogP contribution is -2.49. The Labute approximate surface area is 127 Å². The summed E-state index contributed by atoms with van der Waals surface area (Å²) < 4.78 is 5.77. The van der Waals surface area contributed by atoms with Crippen molar-refractivity contribution < 1.29 is 9.84 Å². The van der Waals surface area contributed by atoms with Crippen LogP contribution in [0.2, 0.25) is 0 Å². The summed E-state index contributed by atoms with van der Waals surface area (Å²) in [6.07, 6.45) is 8.58. The Morgan fingerprint density at radius 1 is 1.14 bits per heavy atom. The minimum atomic E-state index is -0.111. The number of hydrogen-bond acceptors (Lipinski definition) is 4. The van der Waals surface area contributed by atoms with Crippen molar-refractivity contribution in [1.29, 1.82) is 0 Å². The Hall–Kier alpha value is -1.13. The van der Waals surface area contributed by atoms with Crippen molar-refractivity contribution in [3.8, 4) is 5.88 Å². The van der Waals surface area contributed by atoms with Crippen LogP contribution in [0.4, 0.5) is 0 Å². The number of likely N-dealkylation sites (tertiary alicyclic amines) is 1. The van der Waals surface area contributed by atoms with Gasteiger partial charge in [-0.2, -0.15) is 0 Å². The van der Waals surface area contributed by atoms with Gasteiger partial charge in [-0.15, -0.1) is 0 Å². The second kappa shape index (κ2) is 7.23. The molecule has 0 bridgehead atoms. The Kier molecular flexibility index (Phi) is 5.09. The van der Waals surface area contributed by atoms with Crippen LogP contribution in [0.25, 0.3) is 0 Å². The molecule has 1 saturated heterocycles. The number of piperidine rings is 1. The largest absolute Gasteiger partial charge is 0.477 e. The van der Waals surface area contributed by atoms with Crippen LogP contribution in [0, 0.1) is 5.92 Å². The molecule has 1 aromatic rings. The van der Waals surface area contributed by atoms with Gasteiger partial charge in [0.1, 0.15) is 0 Å². The molecule has 1 aromatic heterocycles. The first kappa shape index (κ1) is 14.8. The summed E-state index contributed by atoms with van der Waals surface area (Å²) in [6, 6.07) is 6.17. The molecule has 2 atom stereocenters. The molecule has 4 heteroatoms. The predicted octanol–water partition coefficient (Wildman–Crippen LogP) is 2.48. The average Bonchev–Trinajstić information content (AvgIpc) is 2.55. The van der Waals surface area contributed by atoms with Crippen LogP contribution in [0.1, 0.15) is 38.5 Å². The highest BCUT2D eigenvalue weighted by Gasteiger charge is 2.31. The van der Waals surface area contributed by atoms with Crippen molar-refractivity contribution in [2.75, 3.05) is 19.7 Å². The van der Waals surface area contributed by atoms with Gasteiger partial charge in [-0.05, 0) is 50.8 Å². The van der Waals surface area contributed by atoms with E-state index >= 15 is 0 Å². The first-order valence-corrected chi connectivity index (χ1v) is 8.29. The second-order valence-electron chi connectivity index (χ2n) is 6.38. The lowest BCUT2D eigenvalue weighted by Gasteiger charge is -2.41. The van der Waals surface area contributed by atoms with E-state index < -0.39 is 0 Å². The Bertz CT molecular complexity index is 418. The third-order valence-corrected chi connectivity index (χ3v) is 4.92. The summed E-state index contributed by atoms with van der Waals surface area (Å²) in [5.41, 5.74) is 0. The number of pyridine rings is 1. The molecule has 2 heterocycles. The topological polar surface area (TPSA) is 45.6 Å². The Morgan fingerprint density at radius 2 is 1.95 bits per heavy atom. The van der Waals surface area contributed by atoms with E-state index in [0.29, 0.717) is 12.0 Å². The fourth-order valence-corrected chi connectivity index (χ4v) is 3.60. The number of ether oxygens (including phenoxy) is 1. The van der Waals surface area contributed by atoms with Gasteiger partial charge in [0.05, 0.1) is 12.7 Å². The van der Waals surface area contributed by atoms with Crippen LogP contribution in [0.5, 0.6) is 5.88 Å². The number of rotatable bonds is 4. The van der Waals surface area contributed by atoms with E-state index in [4.69, 9.17) is 4.74 Å². The SMILES string of the molecule is OC1CCCCC1N1CCC(COc2ccccn2)CC1. The minimum absolute atomic E-state index is 0.111. The summed E-state index contributed by atoms with van der Waals surface area (Å²) in [5.74, 6) is 1.34. The van der Waals surface area contributed by atoms with Gasteiger partial charge >= 0.3 is 0 Å². The number of aliphatic hydroxyl groups excluding tert-OH is 1. The molecule has 0 amide bonds. The third kappa shape index (κ3) is 3.95. The van der Waals surface area contributed by atoms with Crippen molar-refractivity contribution >= 4 is 0 Å². The molecule has 0 aromatic carbocycles. The third-order valence-electron chi connectivity index (χ3n) is 4.92. The van der Waals surface area contributed by atoms with Crippen molar-refractivity contribution in [3.63, 3.8) is 0 Å². The number of aromatic nitrogens is 1. The van der Waals surface area contributed by atoms with Crippen molar-refractivity contribution in [1.82, 2.24) is 9.88 Å². The molecular weight excluding hydrogens is 264 g/mol. The highest BCUT2D eigenvalue weighted by Crippen LogP contribution is 2.27. The molecule has 1 aliphatic heterocycles. The summed E-state index contributed by atoms with van der Waals surface area (Å²) in [5, 5.41) is 10.2. The summed E-state index contributed by atoms with van der Waals surface area (Å²) >= 11 is 0. The van der Waals surface area contributed by atoms with Crippen molar-refractivity contribution in [3.05, 3.63) is 24.4 Å². The lowest BCUT2D eigenvalue weighted by atomic mass is 9.88. The van der Waals surface area contributed by atoms with E-state index in [0.717, 1.165) is 51.3 Å². The number of hydrogen-bond donors (Lipinski definition) is 1. The first-order valence-electron chi connectivity index (χ1n) is 8.29. The predicted molar refractivity (Wildman–Crippen MR) is 82.3 cm³/mol. The monoisotopic (exact) mass is 290 g/mol. The van der Waals surface area contributed by atoms with Gasteiger partial charge in [-0.3, -0.25) is 4.90 Å². The Balaban J connectivity index is 1.42. The highest BCUT2D eigenvalue weighted by atomic mass is 16.5. The lowest BCUT2D eigenvalue weighted by molar-refractivity contribution is 0.000312. The van der Waals surface area contributed by atoms with Crippen molar-refractivity contribution in [2.45, 2.75) is 50.7 Å². The van der Waals surface area contributed by atoms with Crippen LogP contribution in [-0.2, 0) is 0 Å². The fourth-order valence-electron chi connectivity index (χ4n) is 3.60. The molecule has 1 N–H and O–H groups in total. The summed E-state index contributed by atoms with van der Waals surface area (Å²) in [4.78, 5) is 6.70. The second-order valence-corrected chi connectivity index (χ2v) is 6.38. The van der Waals surface area contributed by atoms with Crippen LogP contribution >= 0.6 is 0 Å². The molecule has 0 radical (unpaired) electrons. The van der Waals surface area contributed by atoms with E-state index in [-0.39, 0.29) is 6.10 Å². The van der Waals surface area contributed by atoms with Gasteiger partial charge in [0, 0.05) is 18.3 Å². The Morgan fingerprint density at radius 3 is 2.67 bits per heavy atom. The summed E-state index contributed by atoms with van der Waals surface area (Å²) in [7, 11) is 0. The summed E-state index contributed by atoms with van der Waals surface area (Å²) in [6.45, 7) is 2.95. The van der Waals surface area contributed by atoms with Gasteiger partial charge in [-0.25, -0.2) is 4.98 Å². The number of aliphatic hydroxyl groups is 1. The molecule has 116 valence electrons. The quantitative estimate of drug-likeness (QED) is 0.925. The zero-order valence-electron chi connectivity index (χ0n) is 12.7. The minimum Gasteiger partial charge on any atom is -0.477 e. The van der Waals surface area contributed by atoms with Crippen LogP contribution in [-0.4, -0.2) is 46.8 Å². The molecule has 3 rings (SSSR count). The molecule has 21 heavy (non-hydrogen) atoms. The molecule has 1 aliphatic carbocycles. The average molecular weight is 290 g/mol. The molecule has 2 fully saturated rings. The smallest absolute Gasteiger partial charge is 0.213 e. The fraction of sp³-hybridized carbons (Fsp3) is 0.706. The highest BCUT2D eigenvalue weighted by molar-refractivity contribution is 5.09. The van der Waals surface area contributed by atoms with E-state index in [9.17, 15) is 5.11 Å². The maximum absolute atomic E-state index is 10.2.